The topological polar surface area (TPSA) is 6.48 Å². The van der Waals surface area contributed by atoms with E-state index in [0.717, 1.165) is 43.5 Å². The highest BCUT2D eigenvalue weighted by molar-refractivity contribution is 7.59. The van der Waals surface area contributed by atoms with E-state index in [4.69, 9.17) is 0 Å². The summed E-state index contributed by atoms with van der Waals surface area (Å²) in [5.41, 5.74) is 12.3. The van der Waals surface area contributed by atoms with E-state index in [0.29, 0.717) is 0 Å². The molecule has 0 bridgehead atoms. The number of anilines is 3. The van der Waals surface area contributed by atoms with Gasteiger partial charge in [-0.15, -0.1) is 0 Å². The summed E-state index contributed by atoms with van der Waals surface area (Å²) in [5.74, 6) is 0. The third-order valence-electron chi connectivity index (χ3n) is 11.3. The van der Waals surface area contributed by atoms with Crippen LogP contribution in [0.3, 0.4) is 0 Å². The van der Waals surface area contributed by atoms with E-state index >= 15 is 0 Å². The van der Waals surface area contributed by atoms with Crippen LogP contribution in [-0.2, 0) is 6.42 Å². The summed E-state index contributed by atoms with van der Waals surface area (Å²) < 4.78 is 0. The summed E-state index contributed by atoms with van der Waals surface area (Å²) in [6.45, 7) is 4.00. The van der Waals surface area contributed by atoms with Gasteiger partial charge in [-0.25, -0.2) is 0 Å². The van der Waals surface area contributed by atoms with Gasteiger partial charge < -0.3 is 9.80 Å². The van der Waals surface area contributed by atoms with Crippen molar-refractivity contribution >= 4 is 48.4 Å². The molecular formula is C54H56N2S. The number of nitrogens with zero attached hydrogens (tertiary/aromatic N) is 2. The van der Waals surface area contributed by atoms with Crippen LogP contribution in [0.1, 0.15) is 69.2 Å². The Labute approximate surface area is 348 Å². The van der Waals surface area contributed by atoms with Crippen molar-refractivity contribution in [1.82, 2.24) is 0 Å². The van der Waals surface area contributed by atoms with Crippen molar-refractivity contribution in [3.05, 3.63) is 228 Å². The van der Waals surface area contributed by atoms with Crippen molar-refractivity contribution < 1.29 is 0 Å². The lowest BCUT2D eigenvalue weighted by Gasteiger charge is -2.40. The first-order valence-corrected chi connectivity index (χ1v) is 20.0. The third kappa shape index (κ3) is 7.95. The maximum absolute atomic E-state index is 2.75. The highest BCUT2D eigenvalue weighted by Gasteiger charge is 2.72. The minimum absolute atomic E-state index is 0. The molecule has 0 N–H and O–H groups in total. The van der Waals surface area contributed by atoms with E-state index < -0.39 is 0 Å². The Bertz CT molecular complexity index is 2280. The first-order chi connectivity index (χ1) is 27.3. The smallest absolute Gasteiger partial charge is 0.0633 e. The molecule has 1 spiro atoms. The van der Waals surface area contributed by atoms with Crippen molar-refractivity contribution in [2.24, 2.45) is 5.41 Å². The summed E-state index contributed by atoms with van der Waals surface area (Å²) in [6.07, 6.45) is 30.5. The second-order valence-electron chi connectivity index (χ2n) is 14.5. The number of hydrogen-bond donors (Lipinski definition) is 0. The highest BCUT2D eigenvalue weighted by Crippen LogP contribution is 2.72. The average Bonchev–Trinajstić information content (AvgIpc) is 3.96. The molecule has 0 saturated heterocycles. The molecule has 1 saturated carbocycles. The van der Waals surface area contributed by atoms with E-state index in [9.17, 15) is 0 Å². The fourth-order valence-electron chi connectivity index (χ4n) is 8.92. The molecule has 0 aliphatic heterocycles. The van der Waals surface area contributed by atoms with Crippen LogP contribution >= 0.6 is 13.5 Å². The summed E-state index contributed by atoms with van der Waals surface area (Å²) in [6, 6.07) is 50.6. The van der Waals surface area contributed by atoms with Gasteiger partial charge in [-0.05, 0) is 96.8 Å². The van der Waals surface area contributed by atoms with Gasteiger partial charge in [0, 0.05) is 33.7 Å². The van der Waals surface area contributed by atoms with E-state index in [1.165, 1.54) is 44.9 Å². The van der Waals surface area contributed by atoms with Gasteiger partial charge in [-0.1, -0.05) is 185 Å². The van der Waals surface area contributed by atoms with Gasteiger partial charge in [0.1, 0.15) is 0 Å². The van der Waals surface area contributed by atoms with E-state index in [-0.39, 0.29) is 31.9 Å². The van der Waals surface area contributed by atoms with Gasteiger partial charge in [0.15, 0.2) is 0 Å². The Morgan fingerprint density at radius 2 is 1.23 bits per heavy atom. The summed E-state index contributed by atoms with van der Waals surface area (Å²) in [5, 5.41) is 0. The minimum Gasteiger partial charge on any atom is -0.337 e. The zero-order valence-electron chi connectivity index (χ0n) is 32.6. The zero-order valence-corrected chi connectivity index (χ0v) is 33.6. The fourth-order valence-corrected chi connectivity index (χ4v) is 8.92. The largest absolute Gasteiger partial charge is 0.337 e. The number of hydrogen-bond acceptors (Lipinski definition) is 2. The fraction of sp³-hybridized carbons (Fsp3) is 0.185. The van der Waals surface area contributed by atoms with E-state index in [2.05, 4.69) is 216 Å². The van der Waals surface area contributed by atoms with Crippen molar-refractivity contribution in [3.8, 4) is 0 Å². The van der Waals surface area contributed by atoms with Gasteiger partial charge in [-0.2, -0.15) is 13.5 Å². The van der Waals surface area contributed by atoms with Crippen LogP contribution in [-0.4, -0.2) is 5.54 Å². The molecule has 5 aromatic carbocycles. The molecule has 5 aromatic rings. The molecule has 0 radical (unpaired) electrons. The quantitative estimate of drug-likeness (QED) is 0.138. The van der Waals surface area contributed by atoms with Crippen molar-refractivity contribution in [1.29, 1.82) is 0 Å². The number of para-hydroxylation sites is 3. The lowest BCUT2D eigenvalue weighted by Crippen LogP contribution is -2.43. The standard InChI is InChI=1S/C51H44N2.C2H6.CH4.H2S/c1-2-10-30-45(29-9-1)53(46-31-15-6-16-32-46)51-38-42-37-41(24-18-17-23-40-21-7-3-8-22-40)34-35-47(42)49(48-33-19-20-36-50(48,51)39-51)52(43-25-11-4-12-26-43)44-27-13-5-14-28-44;1-2;;/h1,3-9,11-29,31-37H,2,10,30,38-39H2;1-2H3;1H4;1H2/b23-17+,24-18+;;;. The first-order valence-electron chi connectivity index (χ1n) is 20.0. The van der Waals surface area contributed by atoms with Gasteiger partial charge in [-0.3, -0.25) is 0 Å². The van der Waals surface area contributed by atoms with Crippen LogP contribution < -0.4 is 9.80 Å². The normalized spacial score (nSPS) is 20.0. The third-order valence-corrected chi connectivity index (χ3v) is 11.3. The van der Waals surface area contributed by atoms with Gasteiger partial charge in [0.2, 0.25) is 0 Å². The molecule has 2 nitrogen and oxygen atoms in total. The Kier molecular flexibility index (Phi) is 13.2. The molecule has 4 aliphatic rings. The number of allylic oxidation sites excluding steroid dienone is 9. The van der Waals surface area contributed by atoms with Crippen molar-refractivity contribution in [2.75, 3.05) is 9.80 Å². The Morgan fingerprint density at radius 3 is 1.88 bits per heavy atom. The van der Waals surface area contributed by atoms with Crippen LogP contribution in [0.4, 0.5) is 17.1 Å². The molecule has 0 heterocycles. The second-order valence-corrected chi connectivity index (χ2v) is 14.5. The molecule has 2 atom stereocenters. The molecule has 4 aliphatic carbocycles. The second kappa shape index (κ2) is 18.4. The van der Waals surface area contributed by atoms with Crippen LogP contribution in [0.5, 0.6) is 0 Å². The maximum Gasteiger partial charge on any atom is 0.0633 e. The van der Waals surface area contributed by atoms with Crippen LogP contribution in [0.15, 0.2) is 205 Å². The average molecular weight is 765 g/mol. The predicted molar refractivity (Wildman–Crippen MR) is 253 cm³/mol. The first kappa shape index (κ1) is 40.9. The molecule has 0 amide bonds. The lowest BCUT2D eigenvalue weighted by molar-refractivity contribution is 0.526. The zero-order chi connectivity index (χ0) is 37.5. The number of rotatable bonds is 9. The molecule has 2 unspecified atom stereocenters. The van der Waals surface area contributed by atoms with Gasteiger partial charge >= 0.3 is 0 Å². The van der Waals surface area contributed by atoms with Gasteiger partial charge in [0.25, 0.3) is 0 Å². The molecule has 1 fully saturated rings. The van der Waals surface area contributed by atoms with Crippen LogP contribution in [0.2, 0.25) is 0 Å². The Morgan fingerprint density at radius 1 is 0.632 bits per heavy atom. The van der Waals surface area contributed by atoms with Crippen molar-refractivity contribution in [3.63, 3.8) is 0 Å². The highest BCUT2D eigenvalue weighted by atomic mass is 32.1. The Balaban J connectivity index is 0.00000135. The Hall–Kier alpha value is -5.77. The summed E-state index contributed by atoms with van der Waals surface area (Å²) in [7, 11) is 0. The number of benzene rings is 5. The van der Waals surface area contributed by atoms with E-state index in [1.54, 1.807) is 0 Å². The maximum atomic E-state index is 2.75. The molecule has 3 heteroatoms. The summed E-state index contributed by atoms with van der Waals surface area (Å²) >= 11 is 0. The van der Waals surface area contributed by atoms with Crippen molar-refractivity contribution in [2.45, 2.75) is 58.9 Å². The molecular weight excluding hydrogens is 709 g/mol. The molecule has 288 valence electrons. The van der Waals surface area contributed by atoms with Crippen LogP contribution in [0, 0.1) is 5.41 Å². The number of fused-ring (bicyclic) bond motifs is 1. The van der Waals surface area contributed by atoms with Crippen LogP contribution in [0.25, 0.3) is 17.8 Å². The predicted octanol–water partition coefficient (Wildman–Crippen LogP) is 14.7. The molecule has 0 aromatic heterocycles. The molecule has 57 heavy (non-hydrogen) atoms. The summed E-state index contributed by atoms with van der Waals surface area (Å²) in [4.78, 5) is 5.26. The SMILES string of the molecule is C.C1=CCCCC(N(c2ccccc2)C23Cc4cc(/C=C/C=C/c5ccccc5)ccc4C(N(c4ccccc4)c4ccccc4)=C4C=CC=CC42C3)=C1.CC.S. The lowest BCUT2D eigenvalue weighted by atomic mass is 9.83. The molecule has 9 rings (SSSR count). The monoisotopic (exact) mass is 764 g/mol. The van der Waals surface area contributed by atoms with Gasteiger partial charge in [0.05, 0.1) is 11.2 Å². The van der Waals surface area contributed by atoms with E-state index in [1.807, 2.05) is 13.8 Å². The minimum atomic E-state index is -0.195.